The van der Waals surface area contributed by atoms with Crippen LogP contribution in [-0.2, 0) is 4.79 Å². The fraction of sp³-hybridized carbons (Fsp3) is 0.353. The van der Waals surface area contributed by atoms with Gasteiger partial charge in [0.25, 0.3) is 0 Å². The van der Waals surface area contributed by atoms with Gasteiger partial charge in [-0.25, -0.2) is 9.78 Å². The van der Waals surface area contributed by atoms with Crippen molar-refractivity contribution in [2.75, 3.05) is 5.32 Å². The van der Waals surface area contributed by atoms with E-state index >= 15 is 0 Å². The quantitative estimate of drug-likeness (QED) is 0.748. The molecule has 0 spiro atoms. The van der Waals surface area contributed by atoms with Gasteiger partial charge in [0.05, 0.1) is 18.2 Å². The third-order valence-electron chi connectivity index (χ3n) is 3.63. The molecule has 2 rings (SSSR count). The largest absolute Gasteiger partial charge is 0.352 e. The molecule has 0 radical (unpaired) electrons. The zero-order chi connectivity index (χ0) is 17.7. The highest BCUT2D eigenvalue weighted by atomic mass is 32.1. The molecule has 0 bridgehead atoms. The Hall–Kier alpha value is -2.41. The Morgan fingerprint density at radius 3 is 2.58 bits per heavy atom. The Morgan fingerprint density at radius 1 is 1.29 bits per heavy atom. The maximum atomic E-state index is 12.3. The number of rotatable bonds is 6. The smallest absolute Gasteiger partial charge is 0.312 e. The molecule has 0 saturated heterocycles. The Bertz CT molecular complexity index is 727. The molecule has 4 N–H and O–H groups in total. The number of thiazole rings is 1. The number of hydrogen-bond acceptors (Lipinski definition) is 4. The monoisotopic (exact) mass is 346 g/mol. The topological polar surface area (TPSA) is 97.1 Å². The third-order valence-corrected chi connectivity index (χ3v) is 4.41. The molecule has 0 unspecified atom stereocenters. The van der Waals surface area contributed by atoms with Gasteiger partial charge in [0.1, 0.15) is 0 Å². The van der Waals surface area contributed by atoms with Gasteiger partial charge in [-0.15, -0.1) is 11.3 Å². The van der Waals surface area contributed by atoms with Gasteiger partial charge in [-0.05, 0) is 24.0 Å². The van der Waals surface area contributed by atoms with Crippen molar-refractivity contribution in [2.45, 2.75) is 39.2 Å². The average Bonchev–Trinajstić information content (AvgIpc) is 2.95. The number of primary amides is 1. The van der Waals surface area contributed by atoms with Crippen molar-refractivity contribution in [2.24, 2.45) is 5.73 Å². The second kappa shape index (κ2) is 7.92. The molecule has 0 saturated carbocycles. The summed E-state index contributed by atoms with van der Waals surface area (Å²) < 4.78 is 0. The second-order valence-corrected chi connectivity index (χ2v) is 6.76. The van der Waals surface area contributed by atoms with E-state index in [0.717, 1.165) is 16.8 Å². The number of nitrogens with two attached hydrogens (primary N) is 1. The zero-order valence-electron chi connectivity index (χ0n) is 14.0. The molecule has 0 fully saturated rings. The minimum absolute atomic E-state index is 0.0877. The van der Waals surface area contributed by atoms with E-state index in [0.29, 0.717) is 11.0 Å². The van der Waals surface area contributed by atoms with E-state index in [1.165, 1.54) is 11.3 Å². The predicted octanol–water partition coefficient (Wildman–Crippen LogP) is 3.31. The molecule has 0 aliphatic heterocycles. The van der Waals surface area contributed by atoms with Crippen molar-refractivity contribution in [3.8, 4) is 0 Å². The normalized spacial score (nSPS) is 12.0. The molecule has 1 aromatic carbocycles. The maximum absolute atomic E-state index is 12.3. The third kappa shape index (κ3) is 4.79. The first kappa shape index (κ1) is 17.9. The minimum Gasteiger partial charge on any atom is -0.352 e. The van der Waals surface area contributed by atoms with Crippen LogP contribution in [0.1, 0.15) is 49.0 Å². The number of nitrogens with one attached hydrogen (secondary N) is 2. The van der Waals surface area contributed by atoms with E-state index in [2.05, 4.69) is 15.6 Å². The number of aryl methyl sites for hydroxylation is 1. The molecule has 0 aliphatic rings. The lowest BCUT2D eigenvalue weighted by molar-refractivity contribution is -0.116. The summed E-state index contributed by atoms with van der Waals surface area (Å²) in [6, 6.07) is 6.44. The summed E-state index contributed by atoms with van der Waals surface area (Å²) in [5, 5.41) is 7.92. The summed E-state index contributed by atoms with van der Waals surface area (Å²) in [5.74, 6) is 0.0878. The summed E-state index contributed by atoms with van der Waals surface area (Å²) in [4.78, 5) is 28.0. The number of anilines is 1. The van der Waals surface area contributed by atoms with E-state index in [9.17, 15) is 9.59 Å². The molecule has 6 nitrogen and oxygen atoms in total. The fourth-order valence-electron chi connectivity index (χ4n) is 2.35. The van der Waals surface area contributed by atoms with Gasteiger partial charge in [-0.2, -0.15) is 0 Å². The van der Waals surface area contributed by atoms with Crippen molar-refractivity contribution in [1.29, 1.82) is 0 Å². The van der Waals surface area contributed by atoms with Gasteiger partial charge in [0.2, 0.25) is 5.91 Å². The van der Waals surface area contributed by atoms with Crippen molar-refractivity contribution in [1.82, 2.24) is 10.3 Å². The van der Waals surface area contributed by atoms with Crippen molar-refractivity contribution < 1.29 is 9.59 Å². The van der Waals surface area contributed by atoms with E-state index < -0.39 is 12.1 Å². The van der Waals surface area contributed by atoms with Gasteiger partial charge < -0.3 is 16.4 Å². The van der Waals surface area contributed by atoms with Crippen LogP contribution in [0.3, 0.4) is 0 Å². The second-order valence-electron chi connectivity index (χ2n) is 5.90. The molecule has 2 aromatic rings. The lowest BCUT2D eigenvalue weighted by Crippen LogP contribution is -2.35. The highest BCUT2D eigenvalue weighted by molar-refractivity contribution is 7.13. The molecule has 7 heteroatoms. The van der Waals surface area contributed by atoms with Crippen LogP contribution in [-0.4, -0.2) is 16.9 Å². The molecule has 1 atom stereocenters. The van der Waals surface area contributed by atoms with Gasteiger partial charge >= 0.3 is 6.03 Å². The lowest BCUT2D eigenvalue weighted by atomic mass is 9.98. The summed E-state index contributed by atoms with van der Waals surface area (Å²) in [6.45, 7) is 6.02. The van der Waals surface area contributed by atoms with Gasteiger partial charge in [-0.3, -0.25) is 4.79 Å². The van der Waals surface area contributed by atoms with Crippen molar-refractivity contribution in [3.63, 3.8) is 0 Å². The van der Waals surface area contributed by atoms with E-state index in [-0.39, 0.29) is 12.3 Å². The molecule has 24 heavy (non-hydrogen) atoms. The Balaban J connectivity index is 2.09. The van der Waals surface area contributed by atoms with Crippen molar-refractivity contribution >= 4 is 28.4 Å². The number of urea groups is 1. The molecule has 3 amide bonds. The summed E-state index contributed by atoms with van der Waals surface area (Å²) in [7, 11) is 0. The molecule has 1 heterocycles. The van der Waals surface area contributed by atoms with Crippen LogP contribution in [0.15, 0.2) is 29.6 Å². The Labute approximate surface area is 145 Å². The first-order valence-electron chi connectivity index (χ1n) is 7.73. The van der Waals surface area contributed by atoms with Gasteiger partial charge in [0.15, 0.2) is 5.13 Å². The Morgan fingerprint density at radius 2 is 2.00 bits per heavy atom. The SMILES string of the molecule is Cc1ccccc1[C@H](CC(=O)Nc1nc(C(C)C)cs1)NC(N)=O. The molecule has 0 aliphatic carbocycles. The van der Waals surface area contributed by atoms with Crippen LogP contribution < -0.4 is 16.4 Å². The molecular formula is C17H22N4O2S. The average molecular weight is 346 g/mol. The number of carbonyl (C=O) groups is 2. The van der Waals surface area contributed by atoms with Gasteiger partial charge in [-0.1, -0.05) is 38.1 Å². The van der Waals surface area contributed by atoms with E-state index in [4.69, 9.17) is 5.73 Å². The number of benzene rings is 1. The molecular weight excluding hydrogens is 324 g/mol. The highest BCUT2D eigenvalue weighted by Crippen LogP contribution is 2.24. The van der Waals surface area contributed by atoms with Crippen molar-refractivity contribution in [3.05, 3.63) is 46.5 Å². The number of nitrogens with zero attached hydrogens (tertiary/aromatic N) is 1. The first-order chi connectivity index (χ1) is 11.4. The minimum atomic E-state index is -0.660. The van der Waals surface area contributed by atoms with Gasteiger partial charge in [0, 0.05) is 5.38 Å². The zero-order valence-corrected chi connectivity index (χ0v) is 14.8. The highest BCUT2D eigenvalue weighted by Gasteiger charge is 2.20. The predicted molar refractivity (Wildman–Crippen MR) is 96.1 cm³/mol. The molecule has 1 aromatic heterocycles. The van der Waals surface area contributed by atoms with Crippen LogP contribution in [0.4, 0.5) is 9.93 Å². The van der Waals surface area contributed by atoms with E-state index in [1.807, 2.05) is 50.4 Å². The van der Waals surface area contributed by atoms with Crippen LogP contribution >= 0.6 is 11.3 Å². The standard InChI is InChI=1S/C17H22N4O2S/c1-10(2)14-9-24-17(20-14)21-15(22)8-13(19-16(18)23)12-7-5-4-6-11(12)3/h4-7,9-10,13H,8H2,1-3H3,(H3,18,19,23)(H,20,21,22)/t13-/m0/s1. The Kier molecular flexibility index (Phi) is 5.92. The number of carbonyl (C=O) groups excluding carboxylic acids is 2. The number of amides is 3. The van der Waals surface area contributed by atoms with Crippen LogP contribution in [0, 0.1) is 6.92 Å². The number of hydrogen-bond donors (Lipinski definition) is 3. The maximum Gasteiger partial charge on any atom is 0.312 e. The van der Waals surface area contributed by atoms with Crippen LogP contribution in [0.5, 0.6) is 0 Å². The van der Waals surface area contributed by atoms with Crippen LogP contribution in [0.25, 0.3) is 0 Å². The van der Waals surface area contributed by atoms with E-state index in [1.54, 1.807) is 0 Å². The van der Waals surface area contributed by atoms with Crippen LogP contribution in [0.2, 0.25) is 0 Å². The number of aromatic nitrogens is 1. The summed E-state index contributed by atoms with van der Waals surface area (Å²) in [6.07, 6.45) is 0.0877. The fourth-order valence-corrected chi connectivity index (χ4v) is 3.24. The first-order valence-corrected chi connectivity index (χ1v) is 8.61. The summed E-state index contributed by atoms with van der Waals surface area (Å²) >= 11 is 1.39. The molecule has 128 valence electrons. The summed E-state index contributed by atoms with van der Waals surface area (Å²) in [5.41, 5.74) is 8.05. The lowest BCUT2D eigenvalue weighted by Gasteiger charge is -2.19.